The summed E-state index contributed by atoms with van der Waals surface area (Å²) in [5, 5.41) is 3.41. The van der Waals surface area contributed by atoms with Crippen molar-refractivity contribution in [3.8, 4) is 0 Å². The van der Waals surface area contributed by atoms with Crippen LogP contribution in [-0.4, -0.2) is 40.5 Å². The highest BCUT2D eigenvalue weighted by Gasteiger charge is 2.19. The van der Waals surface area contributed by atoms with Crippen molar-refractivity contribution in [1.29, 1.82) is 0 Å². The van der Waals surface area contributed by atoms with E-state index in [0.29, 0.717) is 11.7 Å². The Bertz CT molecular complexity index is 347. The minimum absolute atomic E-state index is 0.486. The topological polar surface area (TPSA) is 67.1 Å². The molecule has 1 aliphatic rings. The molecule has 5 heteroatoms. The smallest absolute Gasteiger partial charge is 0.152 e. The van der Waals surface area contributed by atoms with E-state index in [1.54, 1.807) is 6.20 Å². The van der Waals surface area contributed by atoms with E-state index in [4.69, 9.17) is 5.73 Å². The van der Waals surface area contributed by atoms with Crippen LogP contribution in [0.25, 0.3) is 0 Å². The summed E-state index contributed by atoms with van der Waals surface area (Å²) in [5.41, 5.74) is 6.44. The van der Waals surface area contributed by atoms with Gasteiger partial charge in [-0.1, -0.05) is 6.92 Å². The van der Waals surface area contributed by atoms with Gasteiger partial charge in [0.1, 0.15) is 6.33 Å². The number of piperidine rings is 1. The lowest BCUT2D eigenvalue weighted by molar-refractivity contribution is 0.219. The van der Waals surface area contributed by atoms with Gasteiger partial charge in [-0.2, -0.15) is 0 Å². The Kier molecular flexibility index (Phi) is 4.14. The van der Waals surface area contributed by atoms with E-state index >= 15 is 0 Å². The Morgan fingerprint density at radius 3 is 2.88 bits per heavy atom. The second kappa shape index (κ2) is 5.82. The number of likely N-dealkylation sites (tertiary alicyclic amines) is 1. The van der Waals surface area contributed by atoms with E-state index in [-0.39, 0.29) is 0 Å². The number of nitrogen functional groups attached to an aromatic ring is 1. The second-order valence-electron chi connectivity index (χ2n) is 4.59. The van der Waals surface area contributed by atoms with Gasteiger partial charge in [0, 0.05) is 19.1 Å². The summed E-state index contributed by atoms with van der Waals surface area (Å²) in [6.45, 7) is 5.77. The van der Waals surface area contributed by atoms with Crippen LogP contribution in [-0.2, 0) is 0 Å². The predicted molar refractivity (Wildman–Crippen MR) is 69.8 cm³/mol. The summed E-state index contributed by atoms with van der Waals surface area (Å²) in [5.74, 6) is 0.772. The molecule has 1 aromatic heterocycles. The summed E-state index contributed by atoms with van der Waals surface area (Å²) in [7, 11) is 0. The minimum Gasteiger partial charge on any atom is -0.394 e. The zero-order chi connectivity index (χ0) is 12.1. The molecule has 0 spiro atoms. The Morgan fingerprint density at radius 2 is 2.24 bits per heavy atom. The van der Waals surface area contributed by atoms with E-state index in [1.165, 1.54) is 19.3 Å². The van der Waals surface area contributed by atoms with Gasteiger partial charge in [-0.15, -0.1) is 0 Å². The molecule has 0 saturated carbocycles. The van der Waals surface area contributed by atoms with Crippen LogP contribution < -0.4 is 11.1 Å². The van der Waals surface area contributed by atoms with Gasteiger partial charge in [-0.05, 0) is 25.8 Å². The molecule has 2 heterocycles. The largest absolute Gasteiger partial charge is 0.394 e. The molecule has 0 amide bonds. The third-order valence-electron chi connectivity index (χ3n) is 3.21. The van der Waals surface area contributed by atoms with Crippen molar-refractivity contribution < 1.29 is 0 Å². The Hall–Kier alpha value is -1.36. The van der Waals surface area contributed by atoms with Gasteiger partial charge >= 0.3 is 0 Å². The van der Waals surface area contributed by atoms with Gasteiger partial charge in [-0.3, -0.25) is 0 Å². The molecular formula is C12H21N5. The quantitative estimate of drug-likeness (QED) is 0.824. The Morgan fingerprint density at radius 1 is 1.47 bits per heavy atom. The van der Waals surface area contributed by atoms with E-state index in [1.807, 2.05) is 0 Å². The third-order valence-corrected chi connectivity index (χ3v) is 3.21. The van der Waals surface area contributed by atoms with Crippen LogP contribution in [0.3, 0.4) is 0 Å². The normalized spacial score (nSPS) is 18.2. The first-order valence-electron chi connectivity index (χ1n) is 6.34. The van der Waals surface area contributed by atoms with Crippen LogP contribution in [0, 0.1) is 0 Å². The van der Waals surface area contributed by atoms with Crippen molar-refractivity contribution in [3.05, 3.63) is 12.5 Å². The highest BCUT2D eigenvalue weighted by molar-refractivity contribution is 5.59. The highest BCUT2D eigenvalue weighted by atomic mass is 15.1. The second-order valence-corrected chi connectivity index (χ2v) is 4.59. The maximum absolute atomic E-state index is 5.81. The first kappa shape index (κ1) is 12.1. The number of nitrogens with one attached hydrogen (secondary N) is 1. The van der Waals surface area contributed by atoms with E-state index < -0.39 is 0 Å². The number of hydrogen-bond acceptors (Lipinski definition) is 5. The molecule has 1 fully saturated rings. The Labute approximate surface area is 102 Å². The van der Waals surface area contributed by atoms with Crippen LogP contribution >= 0.6 is 0 Å². The molecule has 94 valence electrons. The van der Waals surface area contributed by atoms with Gasteiger partial charge in [0.25, 0.3) is 0 Å². The molecule has 2 rings (SSSR count). The van der Waals surface area contributed by atoms with Crippen LogP contribution in [0.15, 0.2) is 12.5 Å². The highest BCUT2D eigenvalue weighted by Crippen LogP contribution is 2.18. The van der Waals surface area contributed by atoms with Crippen molar-refractivity contribution in [3.63, 3.8) is 0 Å². The standard InChI is InChI=1S/C12H21N5/c1-2-5-17-6-3-10(4-7-17)16-12-11(13)8-14-9-15-12/h8-10H,2-7,13H2,1H3,(H,14,15,16). The first-order chi connectivity index (χ1) is 8.29. The predicted octanol–water partition coefficient (Wildman–Crippen LogP) is 1.35. The molecule has 0 aromatic carbocycles. The van der Waals surface area contributed by atoms with Gasteiger partial charge in [-0.25, -0.2) is 9.97 Å². The fourth-order valence-electron chi connectivity index (χ4n) is 2.27. The number of nitrogens with zero attached hydrogens (tertiary/aromatic N) is 3. The lowest BCUT2D eigenvalue weighted by Crippen LogP contribution is -2.39. The van der Waals surface area contributed by atoms with Crippen molar-refractivity contribution in [2.24, 2.45) is 0 Å². The first-order valence-corrected chi connectivity index (χ1v) is 6.34. The van der Waals surface area contributed by atoms with Gasteiger partial charge in [0.2, 0.25) is 0 Å². The van der Waals surface area contributed by atoms with Crippen molar-refractivity contribution in [2.45, 2.75) is 32.2 Å². The lowest BCUT2D eigenvalue weighted by atomic mass is 10.0. The lowest BCUT2D eigenvalue weighted by Gasteiger charge is -2.32. The summed E-state index contributed by atoms with van der Waals surface area (Å²) in [4.78, 5) is 10.6. The summed E-state index contributed by atoms with van der Waals surface area (Å²) in [6, 6.07) is 0.486. The molecule has 1 saturated heterocycles. The van der Waals surface area contributed by atoms with Gasteiger partial charge in [0.05, 0.1) is 11.9 Å². The number of rotatable bonds is 4. The van der Waals surface area contributed by atoms with Gasteiger partial charge < -0.3 is 16.0 Å². The maximum atomic E-state index is 5.81. The molecule has 0 unspecified atom stereocenters. The van der Waals surface area contributed by atoms with Crippen LogP contribution in [0.2, 0.25) is 0 Å². The number of nitrogens with two attached hydrogens (primary N) is 1. The fourth-order valence-corrected chi connectivity index (χ4v) is 2.27. The minimum atomic E-state index is 0.486. The fraction of sp³-hybridized carbons (Fsp3) is 0.667. The molecule has 0 radical (unpaired) electrons. The van der Waals surface area contributed by atoms with E-state index in [2.05, 4.69) is 27.1 Å². The summed E-state index contributed by atoms with van der Waals surface area (Å²) >= 11 is 0. The molecular weight excluding hydrogens is 214 g/mol. The molecule has 0 atom stereocenters. The maximum Gasteiger partial charge on any atom is 0.152 e. The van der Waals surface area contributed by atoms with Crippen LogP contribution in [0.5, 0.6) is 0 Å². The SMILES string of the molecule is CCCN1CCC(Nc2ncncc2N)CC1. The number of hydrogen-bond donors (Lipinski definition) is 2. The zero-order valence-corrected chi connectivity index (χ0v) is 10.4. The average molecular weight is 235 g/mol. The van der Waals surface area contributed by atoms with Crippen molar-refractivity contribution in [2.75, 3.05) is 30.7 Å². The zero-order valence-electron chi connectivity index (χ0n) is 10.4. The van der Waals surface area contributed by atoms with Crippen LogP contribution in [0.1, 0.15) is 26.2 Å². The Balaban J connectivity index is 1.84. The van der Waals surface area contributed by atoms with Crippen molar-refractivity contribution >= 4 is 11.5 Å². The third kappa shape index (κ3) is 3.30. The van der Waals surface area contributed by atoms with Crippen molar-refractivity contribution in [1.82, 2.24) is 14.9 Å². The molecule has 1 aromatic rings. The molecule has 3 N–H and O–H groups in total. The van der Waals surface area contributed by atoms with E-state index in [9.17, 15) is 0 Å². The molecule has 1 aliphatic heterocycles. The number of anilines is 2. The average Bonchev–Trinajstić information content (AvgIpc) is 2.35. The summed E-state index contributed by atoms with van der Waals surface area (Å²) < 4.78 is 0. The molecule has 5 nitrogen and oxygen atoms in total. The molecule has 17 heavy (non-hydrogen) atoms. The molecule has 0 bridgehead atoms. The monoisotopic (exact) mass is 235 g/mol. The van der Waals surface area contributed by atoms with Crippen LogP contribution in [0.4, 0.5) is 11.5 Å². The molecule has 0 aliphatic carbocycles. The van der Waals surface area contributed by atoms with Gasteiger partial charge in [0.15, 0.2) is 5.82 Å². The number of aromatic nitrogens is 2. The summed E-state index contributed by atoms with van der Waals surface area (Å²) in [6.07, 6.45) is 6.72. The van der Waals surface area contributed by atoms with E-state index in [0.717, 1.165) is 31.7 Å².